The van der Waals surface area contributed by atoms with Gasteiger partial charge in [-0.3, -0.25) is 0 Å². The lowest BCUT2D eigenvalue weighted by atomic mass is 10.1. The Balaban J connectivity index is 1.68. The standard InChI is InChI=1S/C14H18N4/c1-2-8-6-15-13-12(8)14(17-7-16-13)18-11-4-9-3-10(9)5-11/h6-7,9-11H,2-5H2,1H3,(H2,15,16,17,18). The van der Waals surface area contributed by atoms with Crippen molar-refractivity contribution >= 4 is 16.9 Å². The Kier molecular flexibility index (Phi) is 2.13. The third-order valence-corrected chi connectivity index (χ3v) is 4.52. The van der Waals surface area contributed by atoms with Crippen LogP contribution in [0, 0.1) is 11.8 Å². The number of rotatable bonds is 3. The van der Waals surface area contributed by atoms with Crippen molar-refractivity contribution < 1.29 is 0 Å². The van der Waals surface area contributed by atoms with E-state index >= 15 is 0 Å². The van der Waals surface area contributed by atoms with Crippen molar-refractivity contribution in [2.75, 3.05) is 5.32 Å². The fourth-order valence-corrected chi connectivity index (χ4v) is 3.44. The molecule has 2 atom stereocenters. The highest BCUT2D eigenvalue weighted by atomic mass is 15.1. The average Bonchev–Trinajstić information content (AvgIpc) is 2.84. The van der Waals surface area contributed by atoms with E-state index in [-0.39, 0.29) is 0 Å². The Morgan fingerprint density at radius 1 is 1.28 bits per heavy atom. The van der Waals surface area contributed by atoms with Crippen LogP contribution in [0.3, 0.4) is 0 Å². The minimum atomic E-state index is 0.617. The summed E-state index contributed by atoms with van der Waals surface area (Å²) in [5.74, 6) is 3.01. The summed E-state index contributed by atoms with van der Waals surface area (Å²) in [5, 5.41) is 4.82. The molecule has 0 spiro atoms. The molecule has 4 rings (SSSR count). The van der Waals surface area contributed by atoms with E-state index in [9.17, 15) is 0 Å². The summed E-state index contributed by atoms with van der Waals surface area (Å²) in [6.45, 7) is 2.17. The zero-order valence-electron chi connectivity index (χ0n) is 10.6. The minimum Gasteiger partial charge on any atom is -0.367 e. The highest BCUT2D eigenvalue weighted by Gasteiger charge is 2.45. The second kappa shape index (κ2) is 3.70. The molecule has 0 saturated heterocycles. The molecular formula is C14H18N4. The smallest absolute Gasteiger partial charge is 0.143 e. The monoisotopic (exact) mass is 242 g/mol. The molecule has 0 amide bonds. The number of hydrogen-bond acceptors (Lipinski definition) is 3. The van der Waals surface area contributed by atoms with E-state index in [1.807, 2.05) is 0 Å². The highest BCUT2D eigenvalue weighted by molar-refractivity contribution is 5.90. The third kappa shape index (κ3) is 1.51. The molecule has 18 heavy (non-hydrogen) atoms. The summed E-state index contributed by atoms with van der Waals surface area (Å²) in [4.78, 5) is 12.0. The Morgan fingerprint density at radius 3 is 2.89 bits per heavy atom. The van der Waals surface area contributed by atoms with E-state index in [0.717, 1.165) is 29.7 Å². The molecule has 2 aliphatic carbocycles. The van der Waals surface area contributed by atoms with E-state index < -0.39 is 0 Å². The Hall–Kier alpha value is -1.58. The summed E-state index contributed by atoms with van der Waals surface area (Å²) in [5.41, 5.74) is 2.25. The van der Waals surface area contributed by atoms with Gasteiger partial charge in [-0.25, -0.2) is 9.97 Å². The maximum atomic E-state index is 4.45. The second-order valence-corrected chi connectivity index (χ2v) is 5.68. The van der Waals surface area contributed by atoms with Gasteiger partial charge in [0.1, 0.15) is 17.8 Å². The van der Waals surface area contributed by atoms with Gasteiger partial charge in [-0.1, -0.05) is 6.92 Å². The number of aromatic amines is 1. The van der Waals surface area contributed by atoms with E-state index in [1.54, 1.807) is 6.33 Å². The number of aryl methyl sites for hydroxylation is 1. The summed E-state index contributed by atoms with van der Waals surface area (Å²) in [6, 6.07) is 0.617. The van der Waals surface area contributed by atoms with E-state index in [4.69, 9.17) is 0 Å². The van der Waals surface area contributed by atoms with Crippen LogP contribution in [-0.2, 0) is 6.42 Å². The molecule has 4 nitrogen and oxygen atoms in total. The molecule has 0 bridgehead atoms. The van der Waals surface area contributed by atoms with Gasteiger partial charge in [0.05, 0.1) is 5.39 Å². The number of nitrogens with one attached hydrogen (secondary N) is 2. The van der Waals surface area contributed by atoms with Crippen LogP contribution in [-0.4, -0.2) is 21.0 Å². The van der Waals surface area contributed by atoms with Gasteiger partial charge >= 0.3 is 0 Å². The predicted molar refractivity (Wildman–Crippen MR) is 71.5 cm³/mol. The zero-order chi connectivity index (χ0) is 12.1. The van der Waals surface area contributed by atoms with Gasteiger partial charge in [-0.15, -0.1) is 0 Å². The SMILES string of the molecule is CCc1c[nH]c2ncnc(NC3CC4CC4C3)c12. The summed E-state index contributed by atoms with van der Waals surface area (Å²) >= 11 is 0. The Morgan fingerprint density at radius 2 is 2.11 bits per heavy atom. The van der Waals surface area contributed by atoms with Gasteiger partial charge in [-0.05, 0) is 43.1 Å². The molecule has 0 radical (unpaired) electrons. The van der Waals surface area contributed by atoms with E-state index in [2.05, 4.69) is 33.4 Å². The van der Waals surface area contributed by atoms with Crippen molar-refractivity contribution in [2.24, 2.45) is 11.8 Å². The molecule has 2 aliphatic rings. The normalized spacial score (nSPS) is 29.5. The van der Waals surface area contributed by atoms with Gasteiger partial charge in [0.2, 0.25) is 0 Å². The largest absolute Gasteiger partial charge is 0.367 e. The first-order chi connectivity index (χ1) is 8.85. The topological polar surface area (TPSA) is 53.6 Å². The van der Waals surface area contributed by atoms with Gasteiger partial charge in [0.15, 0.2) is 0 Å². The molecule has 2 N–H and O–H groups in total. The van der Waals surface area contributed by atoms with Crippen LogP contribution in [0.1, 0.15) is 31.7 Å². The first-order valence-corrected chi connectivity index (χ1v) is 6.92. The van der Waals surface area contributed by atoms with E-state index in [1.165, 1.54) is 30.2 Å². The molecule has 0 aromatic carbocycles. The number of hydrogen-bond donors (Lipinski definition) is 2. The second-order valence-electron chi connectivity index (χ2n) is 5.68. The molecule has 4 heteroatoms. The maximum absolute atomic E-state index is 4.45. The summed E-state index contributed by atoms with van der Waals surface area (Å²) in [7, 11) is 0. The van der Waals surface area contributed by atoms with Crippen LogP contribution in [0.15, 0.2) is 12.5 Å². The molecular weight excluding hydrogens is 224 g/mol. The minimum absolute atomic E-state index is 0.617. The van der Waals surface area contributed by atoms with Gasteiger partial charge in [0.25, 0.3) is 0 Å². The van der Waals surface area contributed by atoms with Crippen LogP contribution >= 0.6 is 0 Å². The highest BCUT2D eigenvalue weighted by Crippen LogP contribution is 2.52. The molecule has 94 valence electrons. The van der Waals surface area contributed by atoms with Crippen LogP contribution in [0.2, 0.25) is 0 Å². The number of aromatic nitrogens is 3. The van der Waals surface area contributed by atoms with Crippen LogP contribution < -0.4 is 5.32 Å². The van der Waals surface area contributed by atoms with Crippen molar-refractivity contribution in [3.05, 3.63) is 18.1 Å². The first-order valence-electron chi connectivity index (χ1n) is 6.92. The van der Waals surface area contributed by atoms with Crippen LogP contribution in [0.5, 0.6) is 0 Å². The fraction of sp³-hybridized carbons (Fsp3) is 0.571. The quantitative estimate of drug-likeness (QED) is 0.870. The summed E-state index contributed by atoms with van der Waals surface area (Å²) in [6.07, 6.45) is 8.82. The number of anilines is 1. The molecule has 0 aliphatic heterocycles. The lowest BCUT2D eigenvalue weighted by molar-refractivity contribution is 0.649. The fourth-order valence-electron chi connectivity index (χ4n) is 3.44. The first kappa shape index (κ1) is 10.4. The maximum Gasteiger partial charge on any atom is 0.143 e. The van der Waals surface area contributed by atoms with E-state index in [0.29, 0.717) is 6.04 Å². The van der Waals surface area contributed by atoms with Crippen molar-refractivity contribution in [3.8, 4) is 0 Å². The van der Waals surface area contributed by atoms with Crippen molar-refractivity contribution in [3.63, 3.8) is 0 Å². The van der Waals surface area contributed by atoms with Crippen molar-refractivity contribution in [2.45, 2.75) is 38.6 Å². The average molecular weight is 242 g/mol. The molecule has 2 heterocycles. The number of nitrogens with zero attached hydrogens (tertiary/aromatic N) is 2. The number of H-pyrrole nitrogens is 1. The molecule has 2 fully saturated rings. The summed E-state index contributed by atoms with van der Waals surface area (Å²) < 4.78 is 0. The van der Waals surface area contributed by atoms with Crippen molar-refractivity contribution in [1.29, 1.82) is 0 Å². The molecule has 2 unspecified atom stereocenters. The van der Waals surface area contributed by atoms with Gasteiger partial charge < -0.3 is 10.3 Å². The third-order valence-electron chi connectivity index (χ3n) is 4.52. The lowest BCUT2D eigenvalue weighted by Gasteiger charge is -2.15. The predicted octanol–water partition coefficient (Wildman–Crippen LogP) is 2.73. The molecule has 2 aromatic heterocycles. The Bertz CT molecular complexity index is 578. The zero-order valence-corrected chi connectivity index (χ0v) is 10.6. The van der Waals surface area contributed by atoms with Crippen molar-refractivity contribution in [1.82, 2.24) is 15.0 Å². The van der Waals surface area contributed by atoms with Crippen LogP contribution in [0.4, 0.5) is 5.82 Å². The van der Waals surface area contributed by atoms with Gasteiger partial charge in [0, 0.05) is 12.2 Å². The number of fused-ring (bicyclic) bond motifs is 2. The van der Waals surface area contributed by atoms with Crippen LogP contribution in [0.25, 0.3) is 11.0 Å². The lowest BCUT2D eigenvalue weighted by Crippen LogP contribution is -2.18. The molecule has 2 saturated carbocycles. The Labute approximate surface area is 106 Å². The molecule has 2 aromatic rings. The van der Waals surface area contributed by atoms with Gasteiger partial charge in [-0.2, -0.15) is 0 Å².